The second-order valence-electron chi connectivity index (χ2n) is 8.54. The second-order valence-corrected chi connectivity index (χ2v) is 8.54. The van der Waals surface area contributed by atoms with Crippen LogP contribution in [0.15, 0.2) is 29.3 Å². The molecular formula is C22H36N4O2. The smallest absolute Gasteiger partial charge is 0.191 e. The number of guanidine groups is 1. The molecule has 1 aromatic carbocycles. The lowest BCUT2D eigenvalue weighted by Crippen LogP contribution is -2.45. The Kier molecular flexibility index (Phi) is 7.18. The molecule has 0 radical (unpaired) electrons. The fraction of sp³-hybridized carbons (Fsp3) is 0.682. The van der Waals surface area contributed by atoms with Crippen LogP contribution in [0.2, 0.25) is 0 Å². The molecule has 156 valence electrons. The molecule has 2 N–H and O–H groups in total. The van der Waals surface area contributed by atoms with Gasteiger partial charge in [0, 0.05) is 44.7 Å². The highest BCUT2D eigenvalue weighted by atomic mass is 16.5. The van der Waals surface area contributed by atoms with E-state index in [4.69, 9.17) is 14.5 Å². The summed E-state index contributed by atoms with van der Waals surface area (Å²) in [6.07, 6.45) is 0.901. The van der Waals surface area contributed by atoms with Crippen LogP contribution in [0.4, 0.5) is 0 Å². The first-order valence-corrected chi connectivity index (χ1v) is 10.6. The standard InChI is InChI=1S/C22H36N4O2/c1-5-23-21(24-15-17(2)16-26-10-12-27-13-11-26)25-19-14-22(3,4)28-20-9-7-6-8-18(19)20/h6-9,17,19H,5,10-16H2,1-4H3,(H2,23,24,25). The molecule has 2 heterocycles. The second kappa shape index (κ2) is 9.61. The zero-order chi connectivity index (χ0) is 20.0. The Hall–Kier alpha value is -1.79. The molecule has 2 aliphatic rings. The normalized spacial score (nSPS) is 23.4. The minimum atomic E-state index is -0.201. The topological polar surface area (TPSA) is 58.1 Å². The van der Waals surface area contributed by atoms with Gasteiger partial charge in [-0.05, 0) is 32.8 Å². The number of nitrogens with one attached hydrogen (secondary N) is 2. The highest BCUT2D eigenvalue weighted by Gasteiger charge is 2.34. The lowest BCUT2D eigenvalue weighted by Gasteiger charge is -2.38. The lowest BCUT2D eigenvalue weighted by molar-refractivity contribution is 0.0323. The Labute approximate surface area is 169 Å². The van der Waals surface area contributed by atoms with Gasteiger partial charge in [0.05, 0.1) is 19.3 Å². The van der Waals surface area contributed by atoms with Crippen molar-refractivity contribution in [2.75, 3.05) is 45.9 Å². The third-order valence-corrected chi connectivity index (χ3v) is 5.27. The average molecular weight is 389 g/mol. The minimum absolute atomic E-state index is 0.187. The van der Waals surface area contributed by atoms with E-state index < -0.39 is 0 Å². The molecule has 3 rings (SSSR count). The number of para-hydroxylation sites is 1. The molecule has 1 saturated heterocycles. The summed E-state index contributed by atoms with van der Waals surface area (Å²) in [5.74, 6) is 2.36. The molecule has 28 heavy (non-hydrogen) atoms. The molecular weight excluding hydrogens is 352 g/mol. The van der Waals surface area contributed by atoms with Crippen LogP contribution >= 0.6 is 0 Å². The fourth-order valence-electron chi connectivity index (χ4n) is 3.95. The molecule has 2 atom stereocenters. The Morgan fingerprint density at radius 1 is 1.29 bits per heavy atom. The van der Waals surface area contributed by atoms with Crippen molar-refractivity contribution >= 4 is 5.96 Å². The van der Waals surface area contributed by atoms with Crippen molar-refractivity contribution in [3.63, 3.8) is 0 Å². The van der Waals surface area contributed by atoms with Crippen LogP contribution in [0.3, 0.4) is 0 Å². The minimum Gasteiger partial charge on any atom is -0.487 e. The Balaban J connectivity index is 1.64. The highest BCUT2D eigenvalue weighted by Crippen LogP contribution is 2.39. The summed E-state index contributed by atoms with van der Waals surface area (Å²) in [5.41, 5.74) is 1.00. The first kappa shape index (κ1) is 20.9. The number of nitrogens with zero attached hydrogens (tertiary/aromatic N) is 2. The van der Waals surface area contributed by atoms with Crippen LogP contribution in [0.1, 0.15) is 45.7 Å². The summed E-state index contributed by atoms with van der Waals surface area (Å²) >= 11 is 0. The van der Waals surface area contributed by atoms with Gasteiger partial charge in [-0.15, -0.1) is 0 Å². The number of rotatable bonds is 6. The molecule has 2 unspecified atom stereocenters. The van der Waals surface area contributed by atoms with Crippen molar-refractivity contribution in [2.45, 2.75) is 45.8 Å². The van der Waals surface area contributed by atoms with Gasteiger partial charge in [-0.2, -0.15) is 0 Å². The third-order valence-electron chi connectivity index (χ3n) is 5.27. The van der Waals surface area contributed by atoms with Crippen molar-refractivity contribution in [2.24, 2.45) is 10.9 Å². The monoisotopic (exact) mass is 388 g/mol. The summed E-state index contributed by atoms with van der Waals surface area (Å²) in [6.45, 7) is 15.1. The quantitative estimate of drug-likeness (QED) is 0.580. The van der Waals surface area contributed by atoms with Gasteiger partial charge in [-0.1, -0.05) is 25.1 Å². The largest absolute Gasteiger partial charge is 0.487 e. The molecule has 0 aromatic heterocycles. The maximum Gasteiger partial charge on any atom is 0.191 e. The van der Waals surface area contributed by atoms with Gasteiger partial charge in [0.2, 0.25) is 0 Å². The van der Waals surface area contributed by atoms with Crippen LogP contribution in [-0.4, -0.2) is 62.4 Å². The van der Waals surface area contributed by atoms with Gasteiger partial charge in [0.25, 0.3) is 0 Å². The average Bonchev–Trinajstić information content (AvgIpc) is 2.66. The van der Waals surface area contributed by atoms with Crippen LogP contribution in [-0.2, 0) is 4.74 Å². The zero-order valence-corrected chi connectivity index (χ0v) is 17.8. The predicted molar refractivity (Wildman–Crippen MR) is 114 cm³/mol. The van der Waals surface area contributed by atoms with E-state index in [1.54, 1.807) is 0 Å². The molecule has 0 saturated carbocycles. The molecule has 0 amide bonds. The van der Waals surface area contributed by atoms with E-state index in [1.807, 2.05) is 6.07 Å². The molecule has 0 spiro atoms. The SMILES string of the molecule is CCNC(=NCC(C)CN1CCOCC1)NC1CC(C)(C)Oc2ccccc21. The molecule has 1 aromatic rings. The van der Waals surface area contributed by atoms with Crippen molar-refractivity contribution < 1.29 is 9.47 Å². The number of benzene rings is 1. The number of hydrogen-bond acceptors (Lipinski definition) is 4. The summed E-state index contributed by atoms with van der Waals surface area (Å²) in [6, 6.07) is 8.49. The summed E-state index contributed by atoms with van der Waals surface area (Å²) in [7, 11) is 0. The van der Waals surface area contributed by atoms with E-state index in [0.29, 0.717) is 5.92 Å². The van der Waals surface area contributed by atoms with E-state index >= 15 is 0 Å². The third kappa shape index (κ3) is 5.85. The molecule has 6 heteroatoms. The van der Waals surface area contributed by atoms with Crippen LogP contribution < -0.4 is 15.4 Å². The van der Waals surface area contributed by atoms with Crippen molar-refractivity contribution in [1.29, 1.82) is 0 Å². The van der Waals surface area contributed by atoms with E-state index in [0.717, 1.165) is 64.1 Å². The van der Waals surface area contributed by atoms with Gasteiger partial charge < -0.3 is 20.1 Å². The van der Waals surface area contributed by atoms with Crippen molar-refractivity contribution in [3.05, 3.63) is 29.8 Å². The number of ether oxygens (including phenoxy) is 2. The Morgan fingerprint density at radius 2 is 2.04 bits per heavy atom. The summed E-state index contributed by atoms with van der Waals surface area (Å²) in [5, 5.41) is 7.06. The number of fused-ring (bicyclic) bond motifs is 1. The van der Waals surface area contributed by atoms with Gasteiger partial charge in [-0.25, -0.2) is 0 Å². The van der Waals surface area contributed by atoms with Crippen LogP contribution in [0, 0.1) is 5.92 Å². The first-order chi connectivity index (χ1) is 13.5. The van der Waals surface area contributed by atoms with Crippen molar-refractivity contribution in [1.82, 2.24) is 15.5 Å². The lowest BCUT2D eigenvalue weighted by atomic mass is 9.90. The van der Waals surface area contributed by atoms with Gasteiger partial charge in [0.1, 0.15) is 11.4 Å². The summed E-state index contributed by atoms with van der Waals surface area (Å²) < 4.78 is 11.6. The molecule has 0 aliphatic carbocycles. The van der Waals surface area contributed by atoms with Gasteiger partial charge in [0.15, 0.2) is 5.96 Å². The van der Waals surface area contributed by atoms with E-state index in [1.165, 1.54) is 5.56 Å². The van der Waals surface area contributed by atoms with Crippen LogP contribution in [0.25, 0.3) is 0 Å². The van der Waals surface area contributed by atoms with Gasteiger partial charge >= 0.3 is 0 Å². The van der Waals surface area contributed by atoms with E-state index in [-0.39, 0.29) is 11.6 Å². The van der Waals surface area contributed by atoms with E-state index in [9.17, 15) is 0 Å². The Bertz CT molecular complexity index is 656. The molecule has 2 aliphatic heterocycles. The Morgan fingerprint density at radius 3 is 2.79 bits per heavy atom. The maximum absolute atomic E-state index is 6.16. The van der Waals surface area contributed by atoms with E-state index in [2.05, 4.69) is 61.4 Å². The van der Waals surface area contributed by atoms with Crippen LogP contribution in [0.5, 0.6) is 5.75 Å². The highest BCUT2D eigenvalue weighted by molar-refractivity contribution is 5.80. The number of aliphatic imine (C=N–C) groups is 1. The number of morpholine rings is 1. The molecule has 6 nitrogen and oxygen atoms in total. The fourth-order valence-corrected chi connectivity index (χ4v) is 3.95. The number of hydrogen-bond donors (Lipinski definition) is 2. The molecule has 1 fully saturated rings. The molecule has 0 bridgehead atoms. The van der Waals surface area contributed by atoms with Gasteiger partial charge in [-0.3, -0.25) is 9.89 Å². The van der Waals surface area contributed by atoms with Crippen molar-refractivity contribution in [3.8, 4) is 5.75 Å². The zero-order valence-electron chi connectivity index (χ0n) is 17.8. The summed E-state index contributed by atoms with van der Waals surface area (Å²) in [4.78, 5) is 7.36. The first-order valence-electron chi connectivity index (χ1n) is 10.6. The predicted octanol–water partition coefficient (Wildman–Crippen LogP) is 2.81. The maximum atomic E-state index is 6.16.